The third-order valence-corrected chi connectivity index (χ3v) is 6.63. The van der Waals surface area contributed by atoms with Crippen LogP contribution in [-0.2, 0) is 49.5 Å². The molecule has 1 aromatic rings. The maximum atomic E-state index is 13.0. The lowest BCUT2D eigenvalue weighted by atomic mass is 9.74. The van der Waals surface area contributed by atoms with Gasteiger partial charge in [-0.25, -0.2) is 0 Å². The number of fused-ring (bicyclic) bond motifs is 5. The third kappa shape index (κ3) is 4.95. The summed E-state index contributed by atoms with van der Waals surface area (Å²) in [6, 6.07) is 9.28. The van der Waals surface area contributed by atoms with Crippen molar-refractivity contribution in [2.45, 2.75) is 57.5 Å². The minimum absolute atomic E-state index is 0.211. The Balaban J connectivity index is 0.000000356. The summed E-state index contributed by atoms with van der Waals surface area (Å²) in [6.45, 7) is 2.04. The maximum Gasteiger partial charge on any atom is 0.314 e. The van der Waals surface area contributed by atoms with Gasteiger partial charge in [-0.2, -0.15) is 0 Å². The van der Waals surface area contributed by atoms with Gasteiger partial charge < -0.3 is 19.3 Å². The molecule has 5 rings (SSSR count). The molecular weight excluding hydrogens is 462 g/mol. The monoisotopic (exact) mass is 487 g/mol. The smallest absolute Gasteiger partial charge is 0.314 e. The first-order valence-electron chi connectivity index (χ1n) is 11.4. The highest BCUT2D eigenvalue weighted by atomic mass is 16.6. The highest BCUT2D eigenvalue weighted by Crippen LogP contribution is 2.52. The van der Waals surface area contributed by atoms with Crippen LogP contribution in [0.3, 0.4) is 0 Å². The SMILES string of the molecule is C[C@H]1C(OC(=O)CCC(=O)O)C2O[C@H]1C1C(=O)N(Cc3ccccc3)C(=O)C21.O=C1CCC(=O)O1. The number of carboxylic acids is 1. The zero-order valence-electron chi connectivity index (χ0n) is 19.0. The van der Waals surface area contributed by atoms with Crippen molar-refractivity contribution < 1.29 is 48.1 Å². The van der Waals surface area contributed by atoms with Gasteiger partial charge in [-0.05, 0) is 5.56 Å². The summed E-state index contributed by atoms with van der Waals surface area (Å²) in [6.07, 6.45) is -1.83. The highest BCUT2D eigenvalue weighted by molar-refractivity contribution is 6.06. The number of rotatable bonds is 6. The number of hydrogen-bond acceptors (Lipinski definition) is 9. The number of carbonyl (C=O) groups is 6. The zero-order chi connectivity index (χ0) is 25.3. The van der Waals surface area contributed by atoms with E-state index in [4.69, 9.17) is 14.6 Å². The molecule has 0 spiro atoms. The molecular formula is C24H25NO10. The van der Waals surface area contributed by atoms with Crippen LogP contribution >= 0.6 is 0 Å². The second-order valence-corrected chi connectivity index (χ2v) is 8.92. The molecule has 2 amide bonds. The molecule has 4 saturated heterocycles. The molecule has 6 atom stereocenters. The second-order valence-electron chi connectivity index (χ2n) is 8.92. The lowest BCUT2D eigenvalue weighted by Gasteiger charge is -2.29. The van der Waals surface area contributed by atoms with Crippen LogP contribution in [0.25, 0.3) is 0 Å². The van der Waals surface area contributed by atoms with E-state index in [1.54, 1.807) is 0 Å². The Morgan fingerprint density at radius 2 is 1.57 bits per heavy atom. The van der Waals surface area contributed by atoms with Gasteiger partial charge in [0.1, 0.15) is 12.2 Å². The molecule has 4 fully saturated rings. The molecule has 0 aromatic heterocycles. The molecule has 11 nitrogen and oxygen atoms in total. The Bertz CT molecular complexity index is 1040. The van der Waals surface area contributed by atoms with Gasteiger partial charge in [0.25, 0.3) is 0 Å². The minimum atomic E-state index is -1.08. The molecule has 4 aliphatic heterocycles. The van der Waals surface area contributed by atoms with Crippen molar-refractivity contribution >= 4 is 35.7 Å². The van der Waals surface area contributed by atoms with Gasteiger partial charge in [0.15, 0.2) is 0 Å². The van der Waals surface area contributed by atoms with Crippen molar-refractivity contribution in [3.63, 3.8) is 0 Å². The number of benzene rings is 1. The van der Waals surface area contributed by atoms with E-state index in [2.05, 4.69) is 4.74 Å². The average Bonchev–Trinajstić information content (AvgIpc) is 3.54. The van der Waals surface area contributed by atoms with Gasteiger partial charge in [0.05, 0.1) is 50.2 Å². The van der Waals surface area contributed by atoms with E-state index in [-0.39, 0.29) is 50.0 Å². The van der Waals surface area contributed by atoms with E-state index in [0.29, 0.717) is 0 Å². The number of carbonyl (C=O) groups excluding carboxylic acids is 5. The van der Waals surface area contributed by atoms with E-state index in [1.165, 1.54) is 4.90 Å². The molecule has 0 aliphatic carbocycles. The number of amides is 2. The van der Waals surface area contributed by atoms with Crippen LogP contribution in [0.2, 0.25) is 0 Å². The summed E-state index contributed by atoms with van der Waals surface area (Å²) in [5.41, 5.74) is 0.863. The first-order chi connectivity index (χ1) is 16.7. The molecule has 4 heterocycles. The maximum absolute atomic E-state index is 13.0. The largest absolute Gasteiger partial charge is 0.481 e. The molecule has 1 aromatic carbocycles. The standard InChI is InChI=1S/C20H21NO7.C4H4O3/c1-10-16-14-15(18(28-16)17(10)27-13(24)8-7-12(22)23)20(26)21(19(14)25)9-11-5-3-2-4-6-11;5-3-1-2-4(6)7-3/h2-6,10,14-18H,7-9H2,1H3,(H,22,23);1-2H2/t10-,14?,15?,16-,17?,18?;/m1./s1. The van der Waals surface area contributed by atoms with Crippen LogP contribution < -0.4 is 0 Å². The van der Waals surface area contributed by atoms with E-state index in [9.17, 15) is 28.8 Å². The topological polar surface area (TPSA) is 154 Å². The summed E-state index contributed by atoms with van der Waals surface area (Å²) >= 11 is 0. The van der Waals surface area contributed by atoms with Crippen LogP contribution in [-0.4, -0.2) is 64.0 Å². The van der Waals surface area contributed by atoms with Crippen molar-refractivity contribution in [1.82, 2.24) is 4.90 Å². The molecule has 4 unspecified atom stereocenters. The number of aliphatic carboxylic acids is 1. The Morgan fingerprint density at radius 1 is 0.971 bits per heavy atom. The van der Waals surface area contributed by atoms with Crippen molar-refractivity contribution in [2.75, 3.05) is 0 Å². The number of esters is 3. The minimum Gasteiger partial charge on any atom is -0.481 e. The normalized spacial score (nSPS) is 30.6. The number of likely N-dealkylation sites (tertiary alicyclic amines) is 1. The van der Waals surface area contributed by atoms with Crippen LogP contribution in [0, 0.1) is 17.8 Å². The fourth-order valence-electron chi connectivity index (χ4n) is 4.98. The zero-order valence-corrected chi connectivity index (χ0v) is 19.0. The van der Waals surface area contributed by atoms with Crippen LogP contribution in [0.15, 0.2) is 30.3 Å². The van der Waals surface area contributed by atoms with Crippen molar-refractivity contribution in [2.24, 2.45) is 17.8 Å². The van der Waals surface area contributed by atoms with E-state index >= 15 is 0 Å². The lowest BCUT2D eigenvalue weighted by Crippen LogP contribution is -2.45. The highest BCUT2D eigenvalue weighted by Gasteiger charge is 2.68. The first kappa shape index (κ1) is 24.5. The van der Waals surface area contributed by atoms with Gasteiger partial charge in [0, 0.05) is 5.92 Å². The predicted octanol–water partition coefficient (Wildman–Crippen LogP) is 0.831. The van der Waals surface area contributed by atoms with E-state index in [0.717, 1.165) is 5.56 Å². The molecule has 0 radical (unpaired) electrons. The Labute approximate surface area is 200 Å². The molecule has 11 heteroatoms. The fraction of sp³-hybridized carbons (Fsp3) is 0.500. The summed E-state index contributed by atoms with van der Waals surface area (Å²) in [7, 11) is 0. The number of carboxylic acid groups (broad SMARTS) is 1. The van der Waals surface area contributed by atoms with Crippen molar-refractivity contribution in [3.05, 3.63) is 35.9 Å². The Hall–Kier alpha value is -3.60. The first-order valence-corrected chi connectivity index (χ1v) is 11.4. The summed E-state index contributed by atoms with van der Waals surface area (Å²) in [5.74, 6) is -4.51. The summed E-state index contributed by atoms with van der Waals surface area (Å²) in [5, 5.41) is 8.70. The summed E-state index contributed by atoms with van der Waals surface area (Å²) < 4.78 is 15.4. The molecule has 1 N–H and O–H groups in total. The molecule has 4 aliphatic rings. The van der Waals surface area contributed by atoms with Crippen molar-refractivity contribution in [1.29, 1.82) is 0 Å². The number of hydrogen-bond donors (Lipinski definition) is 1. The number of cyclic esters (lactones) is 2. The van der Waals surface area contributed by atoms with E-state index < -0.39 is 54.0 Å². The number of imide groups is 1. The van der Waals surface area contributed by atoms with Gasteiger partial charge in [-0.3, -0.25) is 33.7 Å². The van der Waals surface area contributed by atoms with Crippen LogP contribution in [0.5, 0.6) is 0 Å². The number of ether oxygens (including phenoxy) is 3. The molecule has 2 bridgehead atoms. The molecule has 35 heavy (non-hydrogen) atoms. The predicted molar refractivity (Wildman–Crippen MR) is 114 cm³/mol. The molecule has 186 valence electrons. The molecule has 0 saturated carbocycles. The van der Waals surface area contributed by atoms with Gasteiger partial charge in [-0.1, -0.05) is 37.3 Å². The van der Waals surface area contributed by atoms with Crippen LogP contribution in [0.4, 0.5) is 0 Å². The Morgan fingerprint density at radius 3 is 2.11 bits per heavy atom. The van der Waals surface area contributed by atoms with Gasteiger partial charge >= 0.3 is 23.9 Å². The van der Waals surface area contributed by atoms with Gasteiger partial charge in [-0.15, -0.1) is 0 Å². The van der Waals surface area contributed by atoms with Gasteiger partial charge in [0.2, 0.25) is 11.8 Å². The second kappa shape index (κ2) is 9.95. The van der Waals surface area contributed by atoms with E-state index in [1.807, 2.05) is 37.3 Å². The third-order valence-electron chi connectivity index (χ3n) is 6.63. The number of nitrogens with zero attached hydrogens (tertiary/aromatic N) is 1. The fourth-order valence-corrected chi connectivity index (χ4v) is 4.98. The summed E-state index contributed by atoms with van der Waals surface area (Å²) in [4.78, 5) is 69.7. The van der Waals surface area contributed by atoms with Crippen molar-refractivity contribution in [3.8, 4) is 0 Å². The lowest BCUT2D eigenvalue weighted by molar-refractivity contribution is -0.158. The quantitative estimate of drug-likeness (QED) is 0.347. The average molecular weight is 487 g/mol. The Kier molecular flexibility index (Phi) is 6.97. The van der Waals surface area contributed by atoms with Crippen LogP contribution in [0.1, 0.15) is 38.2 Å².